The topological polar surface area (TPSA) is 15.3 Å². The van der Waals surface area contributed by atoms with E-state index in [4.69, 9.17) is 23.2 Å². The average Bonchev–Trinajstić information content (AvgIpc) is 2.28. The van der Waals surface area contributed by atoms with Crippen LogP contribution in [0.15, 0.2) is 12.1 Å². The number of anilines is 1. The molecule has 1 unspecified atom stereocenters. The maximum absolute atomic E-state index is 13.2. The molecule has 5 heteroatoms. The molecule has 1 aliphatic rings. The Morgan fingerprint density at radius 3 is 2.81 bits per heavy atom. The van der Waals surface area contributed by atoms with Crippen LogP contribution >= 0.6 is 23.2 Å². The summed E-state index contributed by atoms with van der Waals surface area (Å²) >= 11 is 11.9. The van der Waals surface area contributed by atoms with Crippen molar-refractivity contribution in [2.24, 2.45) is 0 Å². The summed E-state index contributed by atoms with van der Waals surface area (Å²) in [7, 11) is 0. The molecule has 1 heterocycles. The number of halogens is 3. The van der Waals surface area contributed by atoms with Crippen LogP contribution < -0.4 is 10.2 Å². The molecule has 88 valence electrons. The van der Waals surface area contributed by atoms with Crippen molar-refractivity contribution in [2.45, 2.75) is 13.0 Å². The van der Waals surface area contributed by atoms with Crippen LogP contribution in [0.4, 0.5) is 10.1 Å². The second-order valence-electron chi connectivity index (χ2n) is 3.94. The Balaban J connectivity index is 2.36. The van der Waals surface area contributed by atoms with Crippen molar-refractivity contribution in [3.8, 4) is 0 Å². The Bertz CT molecular complexity index is 398. The summed E-state index contributed by atoms with van der Waals surface area (Å²) in [5.41, 5.74) is 0.807. The monoisotopic (exact) mass is 262 g/mol. The molecule has 2 rings (SSSR count). The van der Waals surface area contributed by atoms with Crippen LogP contribution in [-0.2, 0) is 0 Å². The second-order valence-corrected chi connectivity index (χ2v) is 4.70. The molecule has 1 atom stereocenters. The van der Waals surface area contributed by atoms with Crippen molar-refractivity contribution >= 4 is 28.9 Å². The predicted molar refractivity (Wildman–Crippen MR) is 66.1 cm³/mol. The van der Waals surface area contributed by atoms with E-state index in [1.165, 1.54) is 6.07 Å². The van der Waals surface area contributed by atoms with Crippen molar-refractivity contribution in [3.05, 3.63) is 28.0 Å². The third kappa shape index (κ3) is 2.12. The summed E-state index contributed by atoms with van der Waals surface area (Å²) in [6, 6.07) is 3.37. The van der Waals surface area contributed by atoms with Crippen LogP contribution in [0, 0.1) is 5.82 Å². The number of nitrogens with one attached hydrogen (secondary N) is 1. The summed E-state index contributed by atoms with van der Waals surface area (Å²) in [5, 5.41) is 3.59. The highest BCUT2D eigenvalue weighted by atomic mass is 35.5. The van der Waals surface area contributed by atoms with Gasteiger partial charge in [0.1, 0.15) is 5.82 Å². The van der Waals surface area contributed by atoms with E-state index in [1.54, 1.807) is 6.07 Å². The van der Waals surface area contributed by atoms with E-state index in [-0.39, 0.29) is 5.02 Å². The first kappa shape index (κ1) is 12.0. The molecule has 0 saturated carbocycles. The van der Waals surface area contributed by atoms with Gasteiger partial charge >= 0.3 is 0 Å². The molecule has 0 aromatic heterocycles. The van der Waals surface area contributed by atoms with Gasteiger partial charge in [-0.2, -0.15) is 0 Å². The van der Waals surface area contributed by atoms with Gasteiger partial charge in [-0.3, -0.25) is 0 Å². The zero-order valence-electron chi connectivity index (χ0n) is 8.93. The molecule has 1 aromatic rings. The van der Waals surface area contributed by atoms with Crippen LogP contribution in [0.3, 0.4) is 0 Å². The number of hydrogen-bond acceptors (Lipinski definition) is 2. The van der Waals surface area contributed by atoms with E-state index in [2.05, 4.69) is 17.1 Å². The first-order valence-corrected chi connectivity index (χ1v) is 5.97. The van der Waals surface area contributed by atoms with Gasteiger partial charge in [0.05, 0.1) is 15.7 Å². The van der Waals surface area contributed by atoms with Crippen LogP contribution in [0.5, 0.6) is 0 Å². The van der Waals surface area contributed by atoms with Gasteiger partial charge < -0.3 is 10.2 Å². The Labute approximate surface area is 104 Å². The molecule has 0 amide bonds. The minimum absolute atomic E-state index is 0.00454. The van der Waals surface area contributed by atoms with Gasteiger partial charge in [-0.05, 0) is 19.1 Å². The molecule has 0 spiro atoms. The number of benzene rings is 1. The lowest BCUT2D eigenvalue weighted by molar-refractivity contribution is 0.500. The Morgan fingerprint density at radius 2 is 2.12 bits per heavy atom. The highest BCUT2D eigenvalue weighted by Crippen LogP contribution is 2.35. The van der Waals surface area contributed by atoms with Crippen molar-refractivity contribution < 1.29 is 4.39 Å². The lowest BCUT2D eigenvalue weighted by Gasteiger charge is -2.36. The highest BCUT2D eigenvalue weighted by molar-refractivity contribution is 6.43. The van der Waals surface area contributed by atoms with Crippen LogP contribution in [0.1, 0.15) is 6.92 Å². The molecule has 1 aromatic carbocycles. The van der Waals surface area contributed by atoms with Gasteiger partial charge in [0, 0.05) is 25.7 Å². The minimum Gasteiger partial charge on any atom is -0.365 e. The van der Waals surface area contributed by atoms with Gasteiger partial charge in [-0.25, -0.2) is 4.39 Å². The summed E-state index contributed by atoms with van der Waals surface area (Å²) in [6.07, 6.45) is 0. The Hall–Kier alpha value is -0.510. The van der Waals surface area contributed by atoms with E-state index < -0.39 is 5.82 Å². The van der Waals surface area contributed by atoms with E-state index >= 15 is 0 Å². The largest absolute Gasteiger partial charge is 0.365 e. The first-order valence-electron chi connectivity index (χ1n) is 5.22. The Morgan fingerprint density at radius 1 is 1.38 bits per heavy atom. The third-order valence-electron chi connectivity index (χ3n) is 2.83. The summed E-state index contributed by atoms with van der Waals surface area (Å²) in [5.74, 6) is -0.474. The second kappa shape index (κ2) is 4.78. The smallest absolute Gasteiger partial charge is 0.143 e. The lowest BCUT2D eigenvalue weighted by atomic mass is 10.2. The SMILES string of the molecule is CC1CNCCN1c1ccc(F)c(Cl)c1Cl. The average molecular weight is 263 g/mol. The molecule has 16 heavy (non-hydrogen) atoms. The molecule has 0 aliphatic carbocycles. The Kier molecular flexibility index (Phi) is 3.57. The maximum Gasteiger partial charge on any atom is 0.143 e. The van der Waals surface area contributed by atoms with E-state index in [0.29, 0.717) is 11.1 Å². The quantitative estimate of drug-likeness (QED) is 0.784. The van der Waals surface area contributed by atoms with E-state index in [0.717, 1.165) is 25.3 Å². The normalized spacial score (nSPS) is 21.2. The van der Waals surface area contributed by atoms with E-state index in [9.17, 15) is 4.39 Å². The predicted octanol–water partition coefficient (Wildman–Crippen LogP) is 2.93. The number of nitrogens with zero attached hydrogens (tertiary/aromatic N) is 1. The molecule has 1 saturated heterocycles. The summed E-state index contributed by atoms with van der Waals surface area (Å²) in [4.78, 5) is 2.14. The van der Waals surface area contributed by atoms with Crippen molar-refractivity contribution in [1.29, 1.82) is 0 Å². The fourth-order valence-electron chi connectivity index (χ4n) is 1.94. The summed E-state index contributed by atoms with van der Waals surface area (Å²) < 4.78 is 13.2. The van der Waals surface area contributed by atoms with Crippen molar-refractivity contribution in [1.82, 2.24) is 5.32 Å². The fourth-order valence-corrected chi connectivity index (χ4v) is 2.36. The first-order chi connectivity index (χ1) is 7.61. The molecule has 2 nitrogen and oxygen atoms in total. The van der Waals surface area contributed by atoms with Crippen LogP contribution in [0.25, 0.3) is 0 Å². The summed E-state index contributed by atoms with van der Waals surface area (Å²) in [6.45, 7) is 4.74. The van der Waals surface area contributed by atoms with Gasteiger partial charge in [-0.1, -0.05) is 23.2 Å². The highest BCUT2D eigenvalue weighted by Gasteiger charge is 2.22. The number of hydrogen-bond donors (Lipinski definition) is 1. The maximum atomic E-state index is 13.2. The minimum atomic E-state index is -0.474. The van der Waals surface area contributed by atoms with Crippen molar-refractivity contribution in [2.75, 3.05) is 24.5 Å². The zero-order chi connectivity index (χ0) is 11.7. The van der Waals surface area contributed by atoms with Gasteiger partial charge in [-0.15, -0.1) is 0 Å². The zero-order valence-corrected chi connectivity index (χ0v) is 10.4. The molecular weight excluding hydrogens is 250 g/mol. The lowest BCUT2D eigenvalue weighted by Crippen LogP contribution is -2.50. The molecule has 0 bridgehead atoms. The number of rotatable bonds is 1. The van der Waals surface area contributed by atoms with Gasteiger partial charge in [0.2, 0.25) is 0 Å². The fraction of sp³-hybridized carbons (Fsp3) is 0.455. The van der Waals surface area contributed by atoms with Gasteiger partial charge in [0.25, 0.3) is 0 Å². The molecular formula is C11H13Cl2FN2. The number of piperazine rings is 1. The van der Waals surface area contributed by atoms with Gasteiger partial charge in [0.15, 0.2) is 0 Å². The third-order valence-corrected chi connectivity index (χ3v) is 3.67. The molecule has 0 radical (unpaired) electrons. The molecule has 1 fully saturated rings. The van der Waals surface area contributed by atoms with Crippen LogP contribution in [-0.4, -0.2) is 25.7 Å². The molecule has 1 N–H and O–H groups in total. The van der Waals surface area contributed by atoms with Crippen LogP contribution in [0.2, 0.25) is 10.0 Å². The molecule has 1 aliphatic heterocycles. The standard InChI is InChI=1S/C11H13Cl2FN2/c1-7-6-15-4-5-16(7)9-3-2-8(14)10(12)11(9)13/h2-3,7,15H,4-6H2,1H3. The van der Waals surface area contributed by atoms with Crippen molar-refractivity contribution in [3.63, 3.8) is 0 Å². The van der Waals surface area contributed by atoms with E-state index in [1.807, 2.05) is 0 Å².